The summed E-state index contributed by atoms with van der Waals surface area (Å²) in [5.74, 6) is 0.102. The van der Waals surface area contributed by atoms with Crippen molar-refractivity contribution < 1.29 is 9.59 Å². The Kier molecular flexibility index (Phi) is 5.33. The lowest BCUT2D eigenvalue weighted by Crippen LogP contribution is -2.26. The molecular formula is C22H30N4O2. The van der Waals surface area contributed by atoms with Crippen LogP contribution in [0.4, 0.5) is 11.4 Å². The van der Waals surface area contributed by atoms with Gasteiger partial charge in [0.15, 0.2) is 5.69 Å². The number of nitrogens with one attached hydrogen (secondary N) is 2. The third-order valence-electron chi connectivity index (χ3n) is 4.88. The Balaban J connectivity index is 1.82. The molecule has 0 atom stereocenters. The number of carbonyl (C=O) groups excluding carboxylic acids is 2. The predicted octanol–water partition coefficient (Wildman–Crippen LogP) is 4.67. The molecule has 0 bridgehead atoms. The normalized spacial score (nSPS) is 14.2. The quantitative estimate of drug-likeness (QED) is 0.789. The van der Waals surface area contributed by atoms with Crippen LogP contribution in [-0.4, -0.2) is 21.6 Å². The number of aryl methyl sites for hydroxylation is 1. The van der Waals surface area contributed by atoms with Crippen molar-refractivity contribution in [2.45, 2.75) is 65.8 Å². The van der Waals surface area contributed by atoms with Crippen LogP contribution in [0.3, 0.4) is 0 Å². The molecule has 2 amide bonds. The average Bonchev–Trinajstić information content (AvgIpc) is 3.34. The van der Waals surface area contributed by atoms with Crippen LogP contribution in [0.15, 0.2) is 24.3 Å². The molecule has 1 fully saturated rings. The van der Waals surface area contributed by atoms with Crippen LogP contribution >= 0.6 is 0 Å². The number of anilines is 2. The smallest absolute Gasteiger partial charge is 0.276 e. The Morgan fingerprint density at radius 3 is 2.39 bits per heavy atom. The molecule has 1 aliphatic rings. The minimum Gasteiger partial charge on any atom is -0.326 e. The molecular weight excluding hydrogens is 352 g/mol. The summed E-state index contributed by atoms with van der Waals surface area (Å²) < 4.78 is 1.98. The van der Waals surface area contributed by atoms with Crippen LogP contribution in [-0.2, 0) is 10.3 Å². The van der Waals surface area contributed by atoms with Crippen molar-refractivity contribution >= 4 is 23.2 Å². The maximum atomic E-state index is 12.9. The first-order valence-corrected chi connectivity index (χ1v) is 9.89. The van der Waals surface area contributed by atoms with E-state index in [9.17, 15) is 9.59 Å². The molecule has 1 heterocycles. The van der Waals surface area contributed by atoms with Gasteiger partial charge in [0.25, 0.3) is 5.91 Å². The number of aromatic nitrogens is 2. The van der Waals surface area contributed by atoms with Crippen molar-refractivity contribution in [2.75, 3.05) is 10.6 Å². The van der Waals surface area contributed by atoms with Crippen LogP contribution in [0.25, 0.3) is 0 Å². The Bertz CT molecular complexity index is 902. The maximum absolute atomic E-state index is 12.9. The molecule has 150 valence electrons. The summed E-state index contributed by atoms with van der Waals surface area (Å²) in [6.45, 7) is 11.9. The maximum Gasteiger partial charge on any atom is 0.276 e. The zero-order valence-electron chi connectivity index (χ0n) is 17.6. The van der Waals surface area contributed by atoms with E-state index in [0.717, 1.165) is 24.1 Å². The molecule has 1 saturated carbocycles. The summed E-state index contributed by atoms with van der Waals surface area (Å²) in [4.78, 5) is 24.8. The van der Waals surface area contributed by atoms with Crippen LogP contribution < -0.4 is 10.6 Å². The molecule has 0 unspecified atom stereocenters. The number of amides is 2. The van der Waals surface area contributed by atoms with Crippen LogP contribution in [0, 0.1) is 12.8 Å². The molecule has 0 spiro atoms. The first-order chi connectivity index (χ1) is 13.1. The monoisotopic (exact) mass is 382 g/mol. The standard InChI is InChI=1S/C22H30N4O2/c1-13(2)20(27)23-16-10-7-14(3)17(11-16)24-21(28)18-12-19(15-8-9-15)26(25-18)22(4,5)6/h7,10-13,15H,8-9H2,1-6H3,(H,23,27)(H,24,28). The second-order valence-electron chi connectivity index (χ2n) is 8.94. The molecule has 0 saturated heterocycles. The fourth-order valence-electron chi connectivity index (χ4n) is 3.02. The molecule has 6 nitrogen and oxygen atoms in total. The van der Waals surface area contributed by atoms with Gasteiger partial charge in [-0.1, -0.05) is 19.9 Å². The second kappa shape index (κ2) is 7.41. The van der Waals surface area contributed by atoms with Crippen molar-refractivity contribution in [2.24, 2.45) is 5.92 Å². The Hall–Kier alpha value is -2.63. The van der Waals surface area contributed by atoms with Crippen LogP contribution in [0.1, 0.15) is 75.1 Å². The number of rotatable bonds is 5. The van der Waals surface area contributed by atoms with E-state index in [1.165, 1.54) is 0 Å². The third kappa shape index (κ3) is 4.43. The minimum atomic E-state index is -0.236. The van der Waals surface area contributed by atoms with E-state index in [-0.39, 0.29) is 23.3 Å². The second-order valence-corrected chi connectivity index (χ2v) is 8.94. The zero-order chi connectivity index (χ0) is 20.6. The van der Waals surface area contributed by atoms with Gasteiger partial charge in [-0.05, 0) is 64.3 Å². The molecule has 1 aliphatic carbocycles. The fourth-order valence-corrected chi connectivity index (χ4v) is 3.02. The number of hydrogen-bond donors (Lipinski definition) is 2. The van der Waals surface area contributed by atoms with E-state index in [2.05, 4.69) is 36.5 Å². The predicted molar refractivity (Wildman–Crippen MR) is 112 cm³/mol. The van der Waals surface area contributed by atoms with E-state index in [4.69, 9.17) is 0 Å². The van der Waals surface area contributed by atoms with E-state index in [0.29, 0.717) is 23.0 Å². The molecule has 2 aromatic rings. The van der Waals surface area contributed by atoms with Crippen molar-refractivity contribution in [1.29, 1.82) is 0 Å². The Labute approximate surface area is 166 Å². The van der Waals surface area contributed by atoms with Crippen LogP contribution in [0.5, 0.6) is 0 Å². The van der Waals surface area contributed by atoms with Crippen molar-refractivity contribution in [1.82, 2.24) is 9.78 Å². The summed E-state index contributed by atoms with van der Waals surface area (Å²) in [5, 5.41) is 10.4. The van der Waals surface area contributed by atoms with E-state index < -0.39 is 0 Å². The highest BCUT2D eigenvalue weighted by Gasteiger charge is 2.32. The highest BCUT2D eigenvalue weighted by molar-refractivity contribution is 6.04. The summed E-state index contributed by atoms with van der Waals surface area (Å²) in [7, 11) is 0. The van der Waals surface area contributed by atoms with Gasteiger partial charge in [-0.25, -0.2) is 0 Å². The summed E-state index contributed by atoms with van der Waals surface area (Å²) >= 11 is 0. The van der Waals surface area contributed by atoms with Gasteiger partial charge in [0, 0.05) is 28.9 Å². The Morgan fingerprint density at radius 1 is 1.14 bits per heavy atom. The summed E-state index contributed by atoms with van der Waals surface area (Å²) in [5.41, 5.74) is 3.64. The molecule has 6 heteroatoms. The van der Waals surface area contributed by atoms with Gasteiger partial charge in [0.05, 0.1) is 5.54 Å². The topological polar surface area (TPSA) is 76.0 Å². The molecule has 28 heavy (non-hydrogen) atoms. The average molecular weight is 383 g/mol. The SMILES string of the molecule is Cc1ccc(NC(=O)C(C)C)cc1NC(=O)c1cc(C2CC2)n(C(C)(C)C)n1. The van der Waals surface area contributed by atoms with Gasteiger partial charge in [0.2, 0.25) is 5.91 Å². The molecule has 0 aliphatic heterocycles. The van der Waals surface area contributed by atoms with Crippen molar-refractivity contribution in [3.63, 3.8) is 0 Å². The highest BCUT2D eigenvalue weighted by atomic mass is 16.2. The van der Waals surface area contributed by atoms with Crippen LogP contribution in [0.2, 0.25) is 0 Å². The lowest BCUT2D eigenvalue weighted by molar-refractivity contribution is -0.118. The van der Waals surface area contributed by atoms with Gasteiger partial charge < -0.3 is 10.6 Å². The number of hydrogen-bond acceptors (Lipinski definition) is 3. The number of benzene rings is 1. The number of nitrogens with zero attached hydrogens (tertiary/aromatic N) is 2. The van der Waals surface area contributed by atoms with Gasteiger partial charge >= 0.3 is 0 Å². The van der Waals surface area contributed by atoms with E-state index in [1.54, 1.807) is 6.07 Å². The fraction of sp³-hybridized carbons (Fsp3) is 0.500. The number of carbonyl (C=O) groups is 2. The molecule has 1 aromatic heterocycles. The lowest BCUT2D eigenvalue weighted by atomic mass is 10.1. The van der Waals surface area contributed by atoms with Crippen molar-refractivity contribution in [3.8, 4) is 0 Å². The van der Waals surface area contributed by atoms with E-state index >= 15 is 0 Å². The van der Waals surface area contributed by atoms with Gasteiger partial charge in [-0.2, -0.15) is 5.10 Å². The third-order valence-corrected chi connectivity index (χ3v) is 4.88. The van der Waals surface area contributed by atoms with Gasteiger partial charge in [-0.3, -0.25) is 14.3 Å². The Morgan fingerprint density at radius 2 is 1.82 bits per heavy atom. The molecule has 0 radical (unpaired) electrons. The zero-order valence-corrected chi connectivity index (χ0v) is 17.6. The first-order valence-electron chi connectivity index (χ1n) is 9.89. The van der Waals surface area contributed by atoms with Gasteiger partial charge in [0.1, 0.15) is 0 Å². The molecule has 3 rings (SSSR count). The summed E-state index contributed by atoms with van der Waals surface area (Å²) in [6, 6.07) is 7.42. The van der Waals surface area contributed by atoms with E-state index in [1.807, 2.05) is 43.7 Å². The molecule has 2 N–H and O–H groups in total. The summed E-state index contributed by atoms with van der Waals surface area (Å²) in [6.07, 6.45) is 2.30. The first kappa shape index (κ1) is 20.1. The lowest BCUT2D eigenvalue weighted by Gasteiger charge is -2.22. The largest absolute Gasteiger partial charge is 0.326 e. The van der Waals surface area contributed by atoms with Crippen molar-refractivity contribution in [3.05, 3.63) is 41.2 Å². The molecule has 1 aromatic carbocycles. The van der Waals surface area contributed by atoms with Gasteiger partial charge in [-0.15, -0.1) is 0 Å². The highest BCUT2D eigenvalue weighted by Crippen LogP contribution is 2.41. The minimum absolute atomic E-state index is 0.0564.